The van der Waals surface area contributed by atoms with E-state index >= 15 is 0 Å². The highest BCUT2D eigenvalue weighted by atomic mass is 16.3. The Labute approximate surface area is 87.9 Å². The van der Waals surface area contributed by atoms with Crippen molar-refractivity contribution < 1.29 is 5.11 Å². The number of rotatable bonds is 2. The van der Waals surface area contributed by atoms with Crippen LogP contribution in [0.5, 0.6) is 0 Å². The van der Waals surface area contributed by atoms with Crippen molar-refractivity contribution in [1.29, 1.82) is 0 Å². The van der Waals surface area contributed by atoms with Crippen LogP contribution in [-0.4, -0.2) is 17.3 Å². The molecule has 1 fully saturated rings. The quantitative estimate of drug-likeness (QED) is 0.717. The summed E-state index contributed by atoms with van der Waals surface area (Å²) >= 11 is 0. The summed E-state index contributed by atoms with van der Waals surface area (Å²) in [5.41, 5.74) is 5.45. The molecule has 0 atom stereocenters. The van der Waals surface area contributed by atoms with Crippen LogP contribution < -0.4 is 5.73 Å². The average Bonchev–Trinajstić information content (AvgIpc) is 2.03. The first kappa shape index (κ1) is 12.0. The van der Waals surface area contributed by atoms with Crippen LogP contribution in [0.1, 0.15) is 52.9 Å². The molecule has 0 saturated heterocycles. The molecule has 0 heterocycles. The van der Waals surface area contributed by atoms with Gasteiger partial charge in [-0.2, -0.15) is 0 Å². The summed E-state index contributed by atoms with van der Waals surface area (Å²) in [6.07, 6.45) is 4.95. The lowest BCUT2D eigenvalue weighted by molar-refractivity contribution is -0.0293. The van der Waals surface area contributed by atoms with Crippen LogP contribution in [0.4, 0.5) is 0 Å². The van der Waals surface area contributed by atoms with E-state index in [1.165, 1.54) is 0 Å². The summed E-state index contributed by atoms with van der Waals surface area (Å²) in [6.45, 7) is 7.50. The van der Waals surface area contributed by atoms with Crippen molar-refractivity contribution in [3.63, 3.8) is 0 Å². The first-order valence-electron chi connectivity index (χ1n) is 5.80. The van der Waals surface area contributed by atoms with Gasteiger partial charge in [-0.25, -0.2) is 0 Å². The second kappa shape index (κ2) is 4.19. The first-order valence-corrected chi connectivity index (χ1v) is 5.80. The predicted molar refractivity (Wildman–Crippen MR) is 60.0 cm³/mol. The van der Waals surface area contributed by atoms with Gasteiger partial charge in [0, 0.05) is 0 Å². The SMILES string of the molecule is CC(C)(C)C1CCC(O)(CCN)CC1. The van der Waals surface area contributed by atoms with E-state index in [0.717, 1.165) is 38.0 Å². The summed E-state index contributed by atoms with van der Waals surface area (Å²) in [4.78, 5) is 0. The normalized spacial score (nSPS) is 34.5. The van der Waals surface area contributed by atoms with Gasteiger partial charge < -0.3 is 10.8 Å². The van der Waals surface area contributed by atoms with E-state index in [9.17, 15) is 5.11 Å². The lowest BCUT2D eigenvalue weighted by atomic mass is 9.68. The van der Waals surface area contributed by atoms with Crippen LogP contribution in [0.2, 0.25) is 0 Å². The summed E-state index contributed by atoms with van der Waals surface area (Å²) in [7, 11) is 0. The number of aliphatic hydroxyl groups is 1. The van der Waals surface area contributed by atoms with Gasteiger partial charge in [0.25, 0.3) is 0 Å². The van der Waals surface area contributed by atoms with Gasteiger partial charge in [0.1, 0.15) is 0 Å². The highest BCUT2D eigenvalue weighted by Gasteiger charge is 2.36. The van der Waals surface area contributed by atoms with Gasteiger partial charge in [0.05, 0.1) is 5.60 Å². The Morgan fingerprint density at radius 2 is 1.79 bits per heavy atom. The fourth-order valence-electron chi connectivity index (χ4n) is 2.54. The fraction of sp³-hybridized carbons (Fsp3) is 1.00. The molecule has 0 aromatic heterocycles. The maximum absolute atomic E-state index is 10.2. The molecule has 1 aliphatic carbocycles. The smallest absolute Gasteiger partial charge is 0.0660 e. The van der Waals surface area contributed by atoms with Crippen molar-refractivity contribution in [1.82, 2.24) is 0 Å². The van der Waals surface area contributed by atoms with Gasteiger partial charge in [-0.05, 0) is 50.0 Å². The molecular formula is C12H25NO. The Morgan fingerprint density at radius 3 is 2.14 bits per heavy atom. The van der Waals surface area contributed by atoms with Gasteiger partial charge in [0.15, 0.2) is 0 Å². The van der Waals surface area contributed by atoms with Gasteiger partial charge in [-0.1, -0.05) is 20.8 Å². The van der Waals surface area contributed by atoms with Crippen molar-refractivity contribution in [2.24, 2.45) is 17.1 Å². The molecule has 2 nitrogen and oxygen atoms in total. The maximum Gasteiger partial charge on any atom is 0.0660 e. The number of hydrogen-bond acceptors (Lipinski definition) is 2. The highest BCUT2D eigenvalue weighted by molar-refractivity contribution is 4.89. The Hall–Kier alpha value is -0.0800. The van der Waals surface area contributed by atoms with E-state index < -0.39 is 5.60 Å². The Bertz CT molecular complexity index is 175. The molecule has 0 unspecified atom stereocenters. The molecule has 0 amide bonds. The molecule has 0 aromatic rings. The molecular weight excluding hydrogens is 174 g/mol. The Kier molecular flexibility index (Phi) is 3.59. The predicted octanol–water partition coefficient (Wildman–Crippen LogP) is 2.30. The monoisotopic (exact) mass is 199 g/mol. The summed E-state index contributed by atoms with van der Waals surface area (Å²) < 4.78 is 0. The summed E-state index contributed by atoms with van der Waals surface area (Å²) in [5, 5.41) is 10.2. The first-order chi connectivity index (χ1) is 6.37. The third-order valence-electron chi connectivity index (χ3n) is 3.75. The molecule has 14 heavy (non-hydrogen) atoms. The van der Waals surface area contributed by atoms with Gasteiger partial charge in [0.2, 0.25) is 0 Å². The highest BCUT2D eigenvalue weighted by Crippen LogP contribution is 2.42. The fourth-order valence-corrected chi connectivity index (χ4v) is 2.54. The zero-order valence-electron chi connectivity index (χ0n) is 9.84. The third kappa shape index (κ3) is 2.96. The second-order valence-corrected chi connectivity index (χ2v) is 5.90. The van der Waals surface area contributed by atoms with Crippen LogP contribution in [0.25, 0.3) is 0 Å². The zero-order chi connectivity index (χ0) is 10.8. The van der Waals surface area contributed by atoms with E-state index in [2.05, 4.69) is 20.8 Å². The van der Waals surface area contributed by atoms with Crippen molar-refractivity contribution in [2.45, 2.75) is 58.5 Å². The number of hydrogen-bond donors (Lipinski definition) is 2. The second-order valence-electron chi connectivity index (χ2n) is 5.90. The molecule has 1 rings (SSSR count). The zero-order valence-corrected chi connectivity index (χ0v) is 9.84. The van der Waals surface area contributed by atoms with Crippen LogP contribution in [0.15, 0.2) is 0 Å². The minimum atomic E-state index is -0.448. The van der Waals surface area contributed by atoms with Crippen molar-refractivity contribution in [2.75, 3.05) is 6.54 Å². The third-order valence-corrected chi connectivity index (χ3v) is 3.75. The molecule has 0 aliphatic heterocycles. The molecule has 0 aromatic carbocycles. The minimum Gasteiger partial charge on any atom is -0.390 e. The molecule has 2 heteroatoms. The average molecular weight is 199 g/mol. The van der Waals surface area contributed by atoms with Crippen molar-refractivity contribution >= 4 is 0 Å². The lowest BCUT2D eigenvalue weighted by Gasteiger charge is -2.41. The van der Waals surface area contributed by atoms with E-state index in [1.807, 2.05) is 0 Å². The topological polar surface area (TPSA) is 46.2 Å². The van der Waals surface area contributed by atoms with Crippen molar-refractivity contribution in [3.8, 4) is 0 Å². The van der Waals surface area contributed by atoms with Crippen LogP contribution >= 0.6 is 0 Å². The van der Waals surface area contributed by atoms with E-state index in [0.29, 0.717) is 12.0 Å². The molecule has 0 spiro atoms. The van der Waals surface area contributed by atoms with Gasteiger partial charge in [-0.3, -0.25) is 0 Å². The molecule has 0 radical (unpaired) electrons. The van der Waals surface area contributed by atoms with Crippen molar-refractivity contribution in [3.05, 3.63) is 0 Å². The Morgan fingerprint density at radius 1 is 1.29 bits per heavy atom. The van der Waals surface area contributed by atoms with Crippen LogP contribution in [0.3, 0.4) is 0 Å². The summed E-state index contributed by atoms with van der Waals surface area (Å²) in [6, 6.07) is 0. The maximum atomic E-state index is 10.2. The summed E-state index contributed by atoms with van der Waals surface area (Å²) in [5.74, 6) is 0.764. The van der Waals surface area contributed by atoms with Crippen LogP contribution in [-0.2, 0) is 0 Å². The van der Waals surface area contributed by atoms with E-state index in [1.54, 1.807) is 0 Å². The minimum absolute atomic E-state index is 0.393. The molecule has 1 saturated carbocycles. The molecule has 1 aliphatic rings. The van der Waals surface area contributed by atoms with Crippen LogP contribution in [0, 0.1) is 11.3 Å². The molecule has 3 N–H and O–H groups in total. The van der Waals surface area contributed by atoms with E-state index in [4.69, 9.17) is 5.73 Å². The number of nitrogens with two attached hydrogens (primary N) is 1. The van der Waals surface area contributed by atoms with Gasteiger partial charge in [-0.15, -0.1) is 0 Å². The Balaban J connectivity index is 2.45. The molecule has 0 bridgehead atoms. The molecule has 84 valence electrons. The van der Waals surface area contributed by atoms with Gasteiger partial charge >= 0.3 is 0 Å². The largest absolute Gasteiger partial charge is 0.390 e. The van der Waals surface area contributed by atoms with E-state index in [-0.39, 0.29) is 0 Å². The standard InChI is InChI=1S/C12H25NO/c1-11(2,3)10-4-6-12(14,7-5-10)8-9-13/h10,14H,4-9,13H2,1-3H3. The lowest BCUT2D eigenvalue weighted by Crippen LogP contribution is -2.38.